The zero-order valence-corrected chi connectivity index (χ0v) is 10.3. The molecule has 16 heavy (non-hydrogen) atoms. The quantitative estimate of drug-likeness (QED) is 0.762. The van der Waals surface area contributed by atoms with E-state index in [-0.39, 0.29) is 24.1 Å². The van der Waals surface area contributed by atoms with Crippen LogP contribution in [0.5, 0.6) is 0 Å². The van der Waals surface area contributed by atoms with Crippen LogP contribution in [-0.2, 0) is 9.53 Å². The molecule has 2 nitrogen and oxygen atoms in total. The van der Waals surface area contributed by atoms with E-state index in [0.717, 1.165) is 5.56 Å². The summed E-state index contributed by atoms with van der Waals surface area (Å²) in [5, 5.41) is 0.395. The minimum Gasteiger partial charge on any atom is -0.469 e. The maximum atomic E-state index is 13.6. The summed E-state index contributed by atoms with van der Waals surface area (Å²) in [5.74, 6) is -0.949. The highest BCUT2D eigenvalue weighted by atomic mass is 35.5. The van der Waals surface area contributed by atoms with E-state index in [1.807, 2.05) is 0 Å². The summed E-state index contributed by atoms with van der Waals surface area (Å²) in [7, 11) is 1.32. The van der Waals surface area contributed by atoms with Crippen molar-refractivity contribution < 1.29 is 13.9 Å². The zero-order chi connectivity index (χ0) is 12.3. The molecule has 1 rings (SSSR count). The number of ether oxygens (including phenoxy) is 1. The van der Waals surface area contributed by atoms with Crippen molar-refractivity contribution in [2.24, 2.45) is 0 Å². The maximum absolute atomic E-state index is 13.6. The first-order chi connectivity index (χ1) is 7.45. The van der Waals surface area contributed by atoms with Crippen molar-refractivity contribution in [2.75, 3.05) is 7.11 Å². The van der Waals surface area contributed by atoms with Crippen LogP contribution in [0.15, 0.2) is 12.1 Å². The fraction of sp³-hybridized carbons (Fsp3) is 0.417. The fourth-order valence-corrected chi connectivity index (χ4v) is 1.65. The molecule has 88 valence electrons. The van der Waals surface area contributed by atoms with E-state index in [1.165, 1.54) is 13.2 Å². The van der Waals surface area contributed by atoms with Crippen LogP contribution in [0.2, 0.25) is 5.02 Å². The Labute approximate surface area is 99.4 Å². The van der Waals surface area contributed by atoms with E-state index in [0.29, 0.717) is 10.6 Å². The van der Waals surface area contributed by atoms with Gasteiger partial charge in [-0.3, -0.25) is 4.79 Å². The fourth-order valence-electron chi connectivity index (χ4n) is 1.50. The predicted molar refractivity (Wildman–Crippen MR) is 61.2 cm³/mol. The number of aryl methyl sites for hydroxylation is 1. The van der Waals surface area contributed by atoms with Gasteiger partial charge < -0.3 is 4.74 Å². The molecule has 1 aromatic carbocycles. The topological polar surface area (TPSA) is 26.3 Å². The first kappa shape index (κ1) is 13.0. The molecule has 0 radical (unpaired) electrons. The smallest absolute Gasteiger partial charge is 0.306 e. The first-order valence-corrected chi connectivity index (χ1v) is 5.35. The molecule has 0 bridgehead atoms. The van der Waals surface area contributed by atoms with E-state index in [9.17, 15) is 9.18 Å². The summed E-state index contributed by atoms with van der Waals surface area (Å²) in [6.07, 6.45) is 0.161. The van der Waals surface area contributed by atoms with Crippen molar-refractivity contribution in [2.45, 2.75) is 26.2 Å². The summed E-state index contributed by atoms with van der Waals surface area (Å²) in [6, 6.07) is 2.95. The van der Waals surface area contributed by atoms with E-state index < -0.39 is 0 Å². The van der Waals surface area contributed by atoms with Crippen LogP contribution in [-0.4, -0.2) is 13.1 Å². The number of benzene rings is 1. The van der Waals surface area contributed by atoms with Crippen LogP contribution in [0, 0.1) is 12.7 Å². The van der Waals surface area contributed by atoms with Gasteiger partial charge in [-0.05, 0) is 30.0 Å². The minimum absolute atomic E-state index is 0.161. The van der Waals surface area contributed by atoms with Gasteiger partial charge in [-0.25, -0.2) is 4.39 Å². The highest BCUT2D eigenvalue weighted by Crippen LogP contribution is 2.27. The SMILES string of the molecule is COC(=O)CC(C)c1cc(C)c(Cl)cc1F. The van der Waals surface area contributed by atoms with Gasteiger partial charge in [-0.15, -0.1) is 0 Å². The maximum Gasteiger partial charge on any atom is 0.306 e. The van der Waals surface area contributed by atoms with Gasteiger partial charge in [-0.1, -0.05) is 24.6 Å². The number of esters is 1. The number of hydrogen-bond donors (Lipinski definition) is 0. The lowest BCUT2D eigenvalue weighted by atomic mass is 9.96. The summed E-state index contributed by atoms with van der Waals surface area (Å²) in [5.41, 5.74) is 1.29. The van der Waals surface area contributed by atoms with Crippen molar-refractivity contribution in [1.29, 1.82) is 0 Å². The van der Waals surface area contributed by atoms with Crippen molar-refractivity contribution in [3.63, 3.8) is 0 Å². The van der Waals surface area contributed by atoms with Crippen molar-refractivity contribution in [3.8, 4) is 0 Å². The Morgan fingerprint density at radius 1 is 1.56 bits per heavy atom. The second kappa shape index (κ2) is 5.30. The Kier molecular flexibility index (Phi) is 4.30. The highest BCUT2D eigenvalue weighted by Gasteiger charge is 2.16. The minimum atomic E-state index is -0.382. The van der Waals surface area contributed by atoms with Gasteiger partial charge in [0.05, 0.1) is 13.5 Å². The molecule has 0 aromatic heterocycles. The Balaban J connectivity index is 2.95. The molecular formula is C12H14ClFO2. The molecule has 0 amide bonds. The van der Waals surface area contributed by atoms with Crippen LogP contribution in [0.4, 0.5) is 4.39 Å². The second-order valence-electron chi connectivity index (χ2n) is 3.80. The third-order valence-electron chi connectivity index (χ3n) is 2.51. The van der Waals surface area contributed by atoms with Crippen LogP contribution >= 0.6 is 11.6 Å². The average molecular weight is 245 g/mol. The normalized spacial score (nSPS) is 12.3. The van der Waals surface area contributed by atoms with Gasteiger partial charge in [0.15, 0.2) is 0 Å². The Morgan fingerprint density at radius 3 is 2.75 bits per heavy atom. The summed E-state index contributed by atoms with van der Waals surface area (Å²) >= 11 is 5.79. The number of hydrogen-bond acceptors (Lipinski definition) is 2. The molecular weight excluding hydrogens is 231 g/mol. The molecule has 1 unspecified atom stereocenters. The Bertz CT molecular complexity index is 404. The lowest BCUT2D eigenvalue weighted by molar-refractivity contribution is -0.140. The molecule has 1 aromatic rings. The second-order valence-corrected chi connectivity index (χ2v) is 4.21. The van der Waals surface area contributed by atoms with Crippen molar-refractivity contribution in [1.82, 2.24) is 0 Å². The largest absolute Gasteiger partial charge is 0.469 e. The summed E-state index contributed by atoms with van der Waals surface area (Å²) < 4.78 is 18.1. The standard InChI is InChI=1S/C12H14ClFO2/c1-7(5-12(15)16-3)9-4-8(2)10(13)6-11(9)14/h4,6-7H,5H2,1-3H3. The Morgan fingerprint density at radius 2 is 2.19 bits per heavy atom. The van der Waals surface area contributed by atoms with Crippen LogP contribution in [0.25, 0.3) is 0 Å². The lowest BCUT2D eigenvalue weighted by Gasteiger charge is -2.13. The molecule has 0 heterocycles. The molecule has 0 aliphatic rings. The average Bonchev–Trinajstić information content (AvgIpc) is 2.23. The molecule has 0 saturated carbocycles. The number of carbonyl (C=O) groups excluding carboxylic acids is 1. The molecule has 1 atom stereocenters. The van der Waals surface area contributed by atoms with Crippen molar-refractivity contribution >= 4 is 17.6 Å². The number of rotatable bonds is 3. The van der Waals surface area contributed by atoms with Gasteiger partial charge >= 0.3 is 5.97 Å². The third kappa shape index (κ3) is 2.95. The number of halogens is 2. The Hall–Kier alpha value is -1.09. The number of carbonyl (C=O) groups is 1. The van der Waals surface area contributed by atoms with Gasteiger partial charge in [0.1, 0.15) is 5.82 Å². The molecule has 0 N–H and O–H groups in total. The molecule has 0 aliphatic heterocycles. The summed E-state index contributed by atoms with van der Waals surface area (Å²) in [6.45, 7) is 3.58. The predicted octanol–water partition coefficient (Wildman–Crippen LogP) is 3.45. The van der Waals surface area contributed by atoms with Crippen LogP contribution in [0.3, 0.4) is 0 Å². The first-order valence-electron chi connectivity index (χ1n) is 4.98. The summed E-state index contributed by atoms with van der Waals surface area (Å²) in [4.78, 5) is 11.1. The van der Waals surface area contributed by atoms with Crippen LogP contribution in [0.1, 0.15) is 30.4 Å². The lowest BCUT2D eigenvalue weighted by Crippen LogP contribution is -2.07. The molecule has 0 spiro atoms. The molecule has 4 heteroatoms. The third-order valence-corrected chi connectivity index (χ3v) is 2.92. The van der Waals surface area contributed by atoms with Crippen molar-refractivity contribution in [3.05, 3.63) is 34.1 Å². The van der Waals surface area contributed by atoms with E-state index in [4.69, 9.17) is 11.6 Å². The van der Waals surface area contributed by atoms with Gasteiger partial charge in [-0.2, -0.15) is 0 Å². The molecule has 0 saturated heterocycles. The van der Waals surface area contributed by atoms with E-state index in [1.54, 1.807) is 19.9 Å². The van der Waals surface area contributed by atoms with Gasteiger partial charge in [0, 0.05) is 5.02 Å². The van der Waals surface area contributed by atoms with Crippen LogP contribution < -0.4 is 0 Å². The van der Waals surface area contributed by atoms with E-state index >= 15 is 0 Å². The molecule has 0 aliphatic carbocycles. The van der Waals surface area contributed by atoms with Gasteiger partial charge in [0.25, 0.3) is 0 Å². The monoisotopic (exact) mass is 244 g/mol. The molecule has 0 fully saturated rings. The highest BCUT2D eigenvalue weighted by molar-refractivity contribution is 6.31. The number of methoxy groups -OCH3 is 1. The van der Waals surface area contributed by atoms with E-state index in [2.05, 4.69) is 4.74 Å². The zero-order valence-electron chi connectivity index (χ0n) is 9.51. The van der Waals surface area contributed by atoms with Gasteiger partial charge in [0.2, 0.25) is 0 Å².